The van der Waals surface area contributed by atoms with Crippen LogP contribution in [0.3, 0.4) is 0 Å². The van der Waals surface area contributed by atoms with Crippen molar-refractivity contribution in [3.05, 3.63) is 0 Å². The van der Waals surface area contributed by atoms with Gasteiger partial charge >= 0.3 is 11.9 Å². The van der Waals surface area contributed by atoms with Crippen LogP contribution in [0.5, 0.6) is 0 Å². The summed E-state index contributed by atoms with van der Waals surface area (Å²) in [7, 11) is 0. The van der Waals surface area contributed by atoms with E-state index < -0.39 is 5.97 Å². The molecule has 4 heteroatoms. The summed E-state index contributed by atoms with van der Waals surface area (Å²) in [6, 6.07) is 0. The fourth-order valence-electron chi connectivity index (χ4n) is 6.17. The Bertz CT molecular complexity index is 576. The van der Waals surface area contributed by atoms with Gasteiger partial charge in [-0.25, -0.2) is 0 Å². The molecule has 4 nitrogen and oxygen atoms in total. The highest BCUT2D eigenvalue weighted by Crippen LogP contribution is 2.18. The second kappa shape index (κ2) is 35.4. The second-order valence-corrected chi connectivity index (χ2v) is 13.5. The van der Waals surface area contributed by atoms with Crippen molar-refractivity contribution in [2.75, 3.05) is 0 Å². The smallest absolute Gasteiger partial charge is 0.306 e. The topological polar surface area (TPSA) is 63.6 Å². The lowest BCUT2D eigenvalue weighted by atomic mass is 10.0. The van der Waals surface area contributed by atoms with Gasteiger partial charge in [-0.1, -0.05) is 187 Å². The molecule has 0 aliphatic rings. The molecule has 0 bridgehead atoms. The number of unbranched alkanes of at least 4 members (excludes halogenated alkanes) is 27. The molecule has 0 rings (SSSR count). The third-order valence-corrected chi connectivity index (χ3v) is 9.08. The highest BCUT2D eigenvalue weighted by Gasteiger charge is 2.14. The van der Waals surface area contributed by atoms with Crippen molar-refractivity contribution in [2.24, 2.45) is 0 Å². The van der Waals surface area contributed by atoms with E-state index in [1.54, 1.807) is 0 Å². The molecule has 1 unspecified atom stereocenters. The van der Waals surface area contributed by atoms with Gasteiger partial charge in [-0.3, -0.25) is 9.59 Å². The summed E-state index contributed by atoms with van der Waals surface area (Å²) in [5.74, 6) is -0.675. The monoisotopic (exact) mass is 609 g/mol. The molecule has 0 saturated heterocycles. The largest absolute Gasteiger partial charge is 0.481 e. The fourth-order valence-corrected chi connectivity index (χ4v) is 6.17. The Balaban J connectivity index is 3.51. The number of ether oxygens (including phenoxy) is 1. The predicted octanol–water partition coefficient (Wildman–Crippen LogP) is 13.3. The number of rotatable bonds is 36. The number of hydrogen-bond acceptors (Lipinski definition) is 3. The Morgan fingerprint density at radius 2 is 0.721 bits per heavy atom. The van der Waals surface area contributed by atoms with E-state index in [2.05, 4.69) is 13.8 Å². The molecule has 0 heterocycles. The number of carboxylic acid groups (broad SMARTS) is 1. The Hall–Kier alpha value is -1.06. The van der Waals surface area contributed by atoms with Gasteiger partial charge in [0.2, 0.25) is 0 Å². The van der Waals surface area contributed by atoms with Crippen LogP contribution in [0, 0.1) is 0 Å². The summed E-state index contributed by atoms with van der Waals surface area (Å²) in [5, 5.41) is 8.70. The van der Waals surface area contributed by atoms with Crippen LogP contribution >= 0.6 is 0 Å². The minimum Gasteiger partial charge on any atom is -0.481 e. The van der Waals surface area contributed by atoms with Crippen LogP contribution < -0.4 is 0 Å². The molecular weight excluding hydrogens is 532 g/mol. The number of carbonyl (C=O) groups is 2. The van der Waals surface area contributed by atoms with Crippen LogP contribution in [0.2, 0.25) is 0 Å². The standard InChI is InChI=1S/C39H76O4/c1-3-5-7-8-9-10-11-12-13-14-15-16-17-18-19-20-21-22-26-29-32-36-39(42)43-37(33-6-4-2)34-30-27-24-23-25-28-31-35-38(40)41/h37H,3-36H2,1-2H3,(H,40,41). The molecule has 1 N–H and O–H groups in total. The third kappa shape index (κ3) is 35.3. The Kier molecular flexibility index (Phi) is 34.5. The van der Waals surface area contributed by atoms with Crippen LogP contribution in [0.25, 0.3) is 0 Å². The van der Waals surface area contributed by atoms with E-state index in [9.17, 15) is 9.59 Å². The molecule has 1 atom stereocenters. The summed E-state index contributed by atoms with van der Waals surface area (Å²) >= 11 is 0. The van der Waals surface area contributed by atoms with Gasteiger partial charge in [-0.2, -0.15) is 0 Å². The lowest BCUT2D eigenvalue weighted by molar-refractivity contribution is -0.150. The molecular formula is C39H76O4. The van der Waals surface area contributed by atoms with Crippen LogP contribution in [0.1, 0.15) is 232 Å². The second-order valence-electron chi connectivity index (χ2n) is 13.5. The molecule has 0 spiro atoms. The zero-order chi connectivity index (χ0) is 31.5. The summed E-state index contributed by atoms with van der Waals surface area (Å²) in [5.41, 5.74) is 0. The molecule has 43 heavy (non-hydrogen) atoms. The number of carboxylic acids is 1. The van der Waals surface area contributed by atoms with E-state index in [4.69, 9.17) is 9.84 Å². The Morgan fingerprint density at radius 1 is 0.419 bits per heavy atom. The van der Waals surface area contributed by atoms with Crippen LogP contribution in [0.15, 0.2) is 0 Å². The van der Waals surface area contributed by atoms with Gasteiger partial charge in [0.15, 0.2) is 0 Å². The maximum absolute atomic E-state index is 12.4. The first-order valence-corrected chi connectivity index (χ1v) is 19.5. The lowest BCUT2D eigenvalue weighted by Gasteiger charge is -2.18. The minimum absolute atomic E-state index is 0.0114. The SMILES string of the molecule is CCCCCCCCCCCCCCCCCCCCCCCC(=O)OC(CCCC)CCCCCCCCCC(=O)O. The quantitative estimate of drug-likeness (QED) is 0.0567. The molecule has 0 amide bonds. The number of hydrogen-bond donors (Lipinski definition) is 1. The van der Waals surface area contributed by atoms with Crippen molar-refractivity contribution in [3.8, 4) is 0 Å². The van der Waals surface area contributed by atoms with Gasteiger partial charge in [-0.15, -0.1) is 0 Å². The summed E-state index contributed by atoms with van der Waals surface area (Å²) in [6.07, 6.45) is 41.8. The van der Waals surface area contributed by atoms with E-state index in [1.807, 2.05) is 0 Å². The minimum atomic E-state index is -0.687. The molecule has 0 aliphatic carbocycles. The molecule has 0 radical (unpaired) electrons. The zero-order valence-electron chi connectivity index (χ0n) is 29.3. The highest BCUT2D eigenvalue weighted by molar-refractivity contribution is 5.69. The fraction of sp³-hybridized carbons (Fsp3) is 0.949. The average molecular weight is 609 g/mol. The maximum atomic E-state index is 12.4. The van der Waals surface area contributed by atoms with Crippen molar-refractivity contribution < 1.29 is 19.4 Å². The predicted molar refractivity (Wildman–Crippen MR) is 186 cm³/mol. The average Bonchev–Trinajstić information content (AvgIpc) is 2.99. The summed E-state index contributed by atoms with van der Waals surface area (Å²) < 4.78 is 5.88. The number of aliphatic carboxylic acids is 1. The molecule has 0 saturated carbocycles. The first-order chi connectivity index (χ1) is 21.1. The van der Waals surface area contributed by atoms with Crippen molar-refractivity contribution in [1.29, 1.82) is 0 Å². The molecule has 0 aromatic carbocycles. The molecule has 0 fully saturated rings. The van der Waals surface area contributed by atoms with Gasteiger partial charge in [0.05, 0.1) is 0 Å². The number of esters is 1. The van der Waals surface area contributed by atoms with Crippen molar-refractivity contribution >= 4 is 11.9 Å². The van der Waals surface area contributed by atoms with Gasteiger partial charge in [0, 0.05) is 12.8 Å². The van der Waals surface area contributed by atoms with E-state index in [0.717, 1.165) is 64.2 Å². The summed E-state index contributed by atoms with van der Waals surface area (Å²) in [6.45, 7) is 4.49. The van der Waals surface area contributed by atoms with Crippen LogP contribution in [-0.2, 0) is 14.3 Å². The maximum Gasteiger partial charge on any atom is 0.306 e. The van der Waals surface area contributed by atoms with Crippen molar-refractivity contribution in [3.63, 3.8) is 0 Å². The van der Waals surface area contributed by atoms with Crippen molar-refractivity contribution in [1.82, 2.24) is 0 Å². The van der Waals surface area contributed by atoms with Crippen molar-refractivity contribution in [2.45, 2.75) is 238 Å². The van der Waals surface area contributed by atoms with Gasteiger partial charge in [-0.05, 0) is 32.1 Å². The first-order valence-electron chi connectivity index (χ1n) is 19.5. The molecule has 0 aromatic rings. The summed E-state index contributed by atoms with van der Waals surface area (Å²) in [4.78, 5) is 23.0. The van der Waals surface area contributed by atoms with Gasteiger partial charge < -0.3 is 9.84 Å². The van der Waals surface area contributed by atoms with Crippen LogP contribution in [-0.4, -0.2) is 23.1 Å². The zero-order valence-corrected chi connectivity index (χ0v) is 29.3. The lowest BCUT2D eigenvalue weighted by Crippen LogP contribution is -2.18. The van der Waals surface area contributed by atoms with E-state index in [0.29, 0.717) is 12.8 Å². The van der Waals surface area contributed by atoms with E-state index in [-0.39, 0.29) is 12.1 Å². The Morgan fingerprint density at radius 3 is 1.09 bits per heavy atom. The van der Waals surface area contributed by atoms with Crippen LogP contribution in [0.4, 0.5) is 0 Å². The van der Waals surface area contributed by atoms with E-state index in [1.165, 1.54) is 141 Å². The highest BCUT2D eigenvalue weighted by atomic mass is 16.5. The third-order valence-electron chi connectivity index (χ3n) is 9.08. The molecule has 256 valence electrons. The molecule has 0 aromatic heterocycles. The first kappa shape index (κ1) is 41.9. The number of carbonyl (C=O) groups excluding carboxylic acids is 1. The normalized spacial score (nSPS) is 12.0. The molecule has 0 aliphatic heterocycles. The Labute approximate surface area is 269 Å². The van der Waals surface area contributed by atoms with Gasteiger partial charge in [0.25, 0.3) is 0 Å². The van der Waals surface area contributed by atoms with Gasteiger partial charge in [0.1, 0.15) is 6.10 Å². The van der Waals surface area contributed by atoms with E-state index >= 15 is 0 Å².